The van der Waals surface area contributed by atoms with Gasteiger partial charge < -0.3 is 14.8 Å². The number of rotatable bonds is 12. The van der Waals surface area contributed by atoms with E-state index in [1.807, 2.05) is 49.4 Å². The van der Waals surface area contributed by atoms with Crippen LogP contribution in [0.5, 0.6) is 5.75 Å². The number of methoxy groups -OCH3 is 1. The zero-order chi connectivity index (χ0) is 26.9. The third kappa shape index (κ3) is 6.26. The summed E-state index contributed by atoms with van der Waals surface area (Å²) in [4.78, 5) is 30.0. The number of carbonyl (C=O) groups is 2. The van der Waals surface area contributed by atoms with E-state index in [4.69, 9.17) is 9.47 Å². The van der Waals surface area contributed by atoms with Crippen molar-refractivity contribution in [3.63, 3.8) is 0 Å². The van der Waals surface area contributed by atoms with Crippen LogP contribution in [0, 0.1) is 0 Å². The van der Waals surface area contributed by atoms with Crippen molar-refractivity contribution in [2.45, 2.75) is 33.1 Å². The topological polar surface area (TPSA) is 77.5 Å². The van der Waals surface area contributed by atoms with E-state index in [0.717, 1.165) is 39.6 Å². The SMILES string of the molecule is CCCOCCNC(=O)c1ccc(-c2cc3c(Cc4ccccc4)c(C(=O)CC)cnc3cc2OC)cc1. The fourth-order valence-corrected chi connectivity index (χ4v) is 4.48. The summed E-state index contributed by atoms with van der Waals surface area (Å²) in [5.41, 5.74) is 5.85. The second-order valence-electron chi connectivity index (χ2n) is 9.10. The lowest BCUT2D eigenvalue weighted by molar-refractivity contribution is 0.0915. The smallest absolute Gasteiger partial charge is 0.251 e. The van der Waals surface area contributed by atoms with Crippen LogP contribution >= 0.6 is 0 Å². The molecule has 3 aromatic carbocycles. The molecule has 0 saturated heterocycles. The summed E-state index contributed by atoms with van der Waals surface area (Å²) in [6, 6.07) is 21.5. The van der Waals surface area contributed by atoms with Crippen molar-refractivity contribution in [2.75, 3.05) is 26.9 Å². The van der Waals surface area contributed by atoms with Crippen LogP contribution in [0.2, 0.25) is 0 Å². The fourth-order valence-electron chi connectivity index (χ4n) is 4.48. The third-order valence-electron chi connectivity index (χ3n) is 6.48. The van der Waals surface area contributed by atoms with E-state index < -0.39 is 0 Å². The maximum atomic E-state index is 12.9. The number of carbonyl (C=O) groups excluding carboxylic acids is 2. The first-order valence-corrected chi connectivity index (χ1v) is 13.1. The van der Waals surface area contributed by atoms with Crippen LogP contribution in [-0.2, 0) is 11.2 Å². The van der Waals surface area contributed by atoms with Gasteiger partial charge in [0, 0.05) is 53.9 Å². The van der Waals surface area contributed by atoms with Gasteiger partial charge in [-0.2, -0.15) is 0 Å². The number of ketones is 1. The van der Waals surface area contributed by atoms with Crippen molar-refractivity contribution in [2.24, 2.45) is 0 Å². The number of benzene rings is 3. The Bertz CT molecular complexity index is 1400. The maximum absolute atomic E-state index is 12.9. The van der Waals surface area contributed by atoms with E-state index in [2.05, 4.69) is 29.4 Å². The summed E-state index contributed by atoms with van der Waals surface area (Å²) in [7, 11) is 1.63. The third-order valence-corrected chi connectivity index (χ3v) is 6.48. The highest BCUT2D eigenvalue weighted by molar-refractivity contribution is 6.03. The summed E-state index contributed by atoms with van der Waals surface area (Å²) in [5.74, 6) is 0.604. The highest BCUT2D eigenvalue weighted by Gasteiger charge is 2.18. The monoisotopic (exact) mass is 510 g/mol. The van der Waals surface area contributed by atoms with Gasteiger partial charge in [0.1, 0.15) is 5.75 Å². The van der Waals surface area contributed by atoms with E-state index in [0.29, 0.717) is 49.5 Å². The number of ether oxygens (including phenoxy) is 2. The molecule has 196 valence electrons. The Morgan fingerprint density at radius 1 is 0.947 bits per heavy atom. The Morgan fingerprint density at radius 3 is 2.39 bits per heavy atom. The first kappa shape index (κ1) is 27.0. The molecule has 4 aromatic rings. The molecule has 0 spiro atoms. The van der Waals surface area contributed by atoms with Gasteiger partial charge in [-0.05, 0) is 47.7 Å². The Morgan fingerprint density at radius 2 is 1.71 bits per heavy atom. The second-order valence-corrected chi connectivity index (χ2v) is 9.10. The van der Waals surface area contributed by atoms with Gasteiger partial charge in [-0.1, -0.05) is 56.3 Å². The van der Waals surface area contributed by atoms with E-state index in [1.165, 1.54) is 0 Å². The Balaban J connectivity index is 1.70. The van der Waals surface area contributed by atoms with Gasteiger partial charge in [0.05, 0.1) is 19.2 Å². The lowest BCUT2D eigenvalue weighted by Crippen LogP contribution is -2.27. The maximum Gasteiger partial charge on any atom is 0.251 e. The summed E-state index contributed by atoms with van der Waals surface area (Å²) in [6.45, 7) is 5.57. The van der Waals surface area contributed by atoms with Crippen molar-refractivity contribution < 1.29 is 19.1 Å². The highest BCUT2D eigenvalue weighted by atomic mass is 16.5. The molecule has 0 aliphatic rings. The Kier molecular flexibility index (Phi) is 9.22. The summed E-state index contributed by atoms with van der Waals surface area (Å²) >= 11 is 0. The number of Topliss-reactive ketones (excluding diaryl/α,β-unsaturated/α-hetero) is 1. The molecule has 38 heavy (non-hydrogen) atoms. The van der Waals surface area contributed by atoms with Crippen molar-refractivity contribution in [3.8, 4) is 16.9 Å². The van der Waals surface area contributed by atoms with Gasteiger partial charge in [-0.3, -0.25) is 14.6 Å². The van der Waals surface area contributed by atoms with E-state index in [1.54, 1.807) is 25.4 Å². The lowest BCUT2D eigenvalue weighted by Gasteiger charge is -2.16. The molecular formula is C32H34N2O4. The molecular weight excluding hydrogens is 476 g/mol. The average molecular weight is 511 g/mol. The molecule has 0 bridgehead atoms. The zero-order valence-electron chi connectivity index (χ0n) is 22.3. The lowest BCUT2D eigenvalue weighted by atomic mass is 9.92. The normalized spacial score (nSPS) is 10.9. The number of amides is 1. The zero-order valence-corrected chi connectivity index (χ0v) is 22.3. The molecule has 6 nitrogen and oxygen atoms in total. The number of pyridine rings is 1. The molecule has 1 N–H and O–H groups in total. The molecule has 0 aliphatic carbocycles. The second kappa shape index (κ2) is 13.0. The van der Waals surface area contributed by atoms with Crippen molar-refractivity contribution in [1.29, 1.82) is 0 Å². The van der Waals surface area contributed by atoms with Crippen molar-refractivity contribution in [3.05, 3.63) is 95.2 Å². The Labute approximate surface area is 224 Å². The minimum absolute atomic E-state index is 0.0677. The van der Waals surface area contributed by atoms with Crippen LogP contribution in [0.3, 0.4) is 0 Å². The van der Waals surface area contributed by atoms with Crippen LogP contribution in [0.15, 0.2) is 72.9 Å². The quantitative estimate of drug-likeness (QED) is 0.180. The molecule has 1 aromatic heterocycles. The number of nitrogens with zero attached hydrogens (tertiary/aromatic N) is 1. The first-order valence-electron chi connectivity index (χ1n) is 13.1. The van der Waals surface area contributed by atoms with Gasteiger partial charge in [0.15, 0.2) is 5.78 Å². The molecule has 6 heteroatoms. The summed E-state index contributed by atoms with van der Waals surface area (Å²) < 4.78 is 11.2. The van der Waals surface area contributed by atoms with Gasteiger partial charge >= 0.3 is 0 Å². The van der Waals surface area contributed by atoms with Gasteiger partial charge in [-0.15, -0.1) is 0 Å². The van der Waals surface area contributed by atoms with E-state index >= 15 is 0 Å². The number of hydrogen-bond donors (Lipinski definition) is 1. The van der Waals surface area contributed by atoms with Crippen LogP contribution < -0.4 is 10.1 Å². The van der Waals surface area contributed by atoms with Gasteiger partial charge in [-0.25, -0.2) is 0 Å². The summed E-state index contributed by atoms with van der Waals surface area (Å²) in [6.07, 6.45) is 3.67. The molecule has 0 unspecified atom stereocenters. The van der Waals surface area contributed by atoms with Crippen LogP contribution in [-0.4, -0.2) is 43.5 Å². The van der Waals surface area contributed by atoms with Crippen molar-refractivity contribution >= 4 is 22.6 Å². The first-order chi connectivity index (χ1) is 18.5. The molecule has 0 fully saturated rings. The van der Waals surface area contributed by atoms with E-state index in [9.17, 15) is 9.59 Å². The molecule has 0 saturated carbocycles. The number of hydrogen-bond acceptors (Lipinski definition) is 5. The Hall–Kier alpha value is -4.03. The van der Waals surface area contributed by atoms with Gasteiger partial charge in [0.2, 0.25) is 0 Å². The van der Waals surface area contributed by atoms with Crippen molar-refractivity contribution in [1.82, 2.24) is 10.3 Å². The summed E-state index contributed by atoms with van der Waals surface area (Å²) in [5, 5.41) is 3.80. The standard InChI is InChI=1S/C32H34N2O4/c1-4-16-38-17-15-33-32(36)24-13-11-23(12-14-24)25-19-27-26(18-22-9-7-6-8-10-22)28(30(35)5-2)21-34-29(27)20-31(25)37-3/h6-14,19-21H,4-5,15-18H2,1-3H3,(H,33,36). The molecule has 1 heterocycles. The predicted octanol–water partition coefficient (Wildman–Crippen LogP) is 6.25. The van der Waals surface area contributed by atoms with Crippen LogP contribution in [0.1, 0.15) is 58.5 Å². The van der Waals surface area contributed by atoms with Crippen LogP contribution in [0.25, 0.3) is 22.0 Å². The minimum atomic E-state index is -0.140. The minimum Gasteiger partial charge on any atom is -0.496 e. The molecule has 4 rings (SSSR count). The van der Waals surface area contributed by atoms with Gasteiger partial charge in [0.25, 0.3) is 5.91 Å². The fraction of sp³-hybridized carbons (Fsp3) is 0.281. The van der Waals surface area contributed by atoms with E-state index in [-0.39, 0.29) is 11.7 Å². The molecule has 0 aliphatic heterocycles. The molecule has 0 radical (unpaired) electrons. The number of nitrogens with one attached hydrogen (secondary N) is 1. The average Bonchev–Trinajstić information content (AvgIpc) is 2.96. The predicted molar refractivity (Wildman–Crippen MR) is 151 cm³/mol. The number of fused-ring (bicyclic) bond motifs is 1. The molecule has 0 atom stereocenters. The number of aromatic nitrogens is 1. The molecule has 1 amide bonds. The largest absolute Gasteiger partial charge is 0.496 e. The van der Waals surface area contributed by atoms with Crippen LogP contribution in [0.4, 0.5) is 0 Å². The highest BCUT2D eigenvalue weighted by Crippen LogP contribution is 2.36.